The number of hydrogen-bond donors (Lipinski definition) is 1. The van der Waals surface area contributed by atoms with Crippen LogP contribution in [0.4, 0.5) is 0 Å². The predicted molar refractivity (Wildman–Crippen MR) is 153 cm³/mol. The van der Waals surface area contributed by atoms with Crippen LogP contribution in [0.3, 0.4) is 0 Å². The fraction of sp³-hybridized carbons (Fsp3) is 0.333. The molecule has 0 radical (unpaired) electrons. The zero-order valence-corrected chi connectivity index (χ0v) is 23.2. The molecule has 0 fully saturated rings. The topological polar surface area (TPSA) is 58.6 Å². The van der Waals surface area contributed by atoms with Crippen molar-refractivity contribution in [2.45, 2.75) is 38.6 Å². The number of nitrogens with zero attached hydrogens (tertiary/aromatic N) is 1. The fourth-order valence-electron chi connectivity index (χ4n) is 3.89. The van der Waals surface area contributed by atoms with Crippen molar-refractivity contribution in [2.24, 2.45) is 5.92 Å². The van der Waals surface area contributed by atoms with Gasteiger partial charge in [0.15, 0.2) is 0 Å². The van der Waals surface area contributed by atoms with Crippen molar-refractivity contribution in [3.05, 3.63) is 101 Å². The minimum Gasteiger partial charge on any atom is -0.497 e. The third kappa shape index (κ3) is 9.13. The first-order chi connectivity index (χ1) is 17.9. The van der Waals surface area contributed by atoms with Gasteiger partial charge in [0.25, 0.3) is 0 Å². The standard InChI is InChI=1S/C30H35ClN2O3S/c1-22(2)18-32-30(35)28(17-23-10-5-4-6-11-23)33(19-24-12-9-14-26(16-24)36-3)29(34)21-37-20-25-13-7-8-15-27(25)31/h4-16,22,28H,17-21H2,1-3H3,(H,32,35)/t28-/m0/s1. The molecule has 0 spiro atoms. The van der Waals surface area contributed by atoms with E-state index in [1.165, 1.54) is 11.8 Å². The Bertz CT molecular complexity index is 1160. The molecule has 3 rings (SSSR count). The van der Waals surface area contributed by atoms with Crippen LogP contribution in [0.2, 0.25) is 5.02 Å². The third-order valence-corrected chi connectivity index (χ3v) is 7.22. The van der Waals surface area contributed by atoms with E-state index in [4.69, 9.17) is 16.3 Å². The summed E-state index contributed by atoms with van der Waals surface area (Å²) < 4.78 is 5.39. The Kier molecular flexibility index (Phi) is 11.4. The highest BCUT2D eigenvalue weighted by Gasteiger charge is 2.30. The van der Waals surface area contributed by atoms with Gasteiger partial charge in [0.2, 0.25) is 11.8 Å². The van der Waals surface area contributed by atoms with Crippen LogP contribution >= 0.6 is 23.4 Å². The highest BCUT2D eigenvalue weighted by atomic mass is 35.5. The summed E-state index contributed by atoms with van der Waals surface area (Å²) in [4.78, 5) is 28.9. The molecule has 196 valence electrons. The molecule has 0 aliphatic rings. The predicted octanol–water partition coefficient (Wildman–Crippen LogP) is 5.99. The Morgan fingerprint density at radius 3 is 2.38 bits per heavy atom. The SMILES string of the molecule is COc1cccc(CN(C(=O)CSCc2ccccc2Cl)[C@@H](Cc2ccccc2)C(=O)NCC(C)C)c1. The molecule has 37 heavy (non-hydrogen) atoms. The molecule has 3 aromatic rings. The Hall–Kier alpha value is -2.96. The first-order valence-corrected chi connectivity index (χ1v) is 14.0. The average molecular weight is 539 g/mol. The molecule has 2 amide bonds. The quantitative estimate of drug-likeness (QED) is 0.290. The van der Waals surface area contributed by atoms with E-state index in [1.54, 1.807) is 12.0 Å². The van der Waals surface area contributed by atoms with Crippen LogP contribution < -0.4 is 10.1 Å². The number of benzene rings is 3. The lowest BCUT2D eigenvalue weighted by molar-refractivity contribution is -0.139. The summed E-state index contributed by atoms with van der Waals surface area (Å²) in [5, 5.41) is 3.74. The summed E-state index contributed by atoms with van der Waals surface area (Å²) in [5.74, 6) is 1.61. The zero-order chi connectivity index (χ0) is 26.6. The molecule has 1 N–H and O–H groups in total. The molecule has 3 aromatic carbocycles. The smallest absolute Gasteiger partial charge is 0.243 e. The molecule has 0 saturated heterocycles. The van der Waals surface area contributed by atoms with Crippen molar-refractivity contribution < 1.29 is 14.3 Å². The Morgan fingerprint density at radius 2 is 1.68 bits per heavy atom. The number of methoxy groups -OCH3 is 1. The number of carbonyl (C=O) groups excluding carboxylic acids is 2. The summed E-state index contributed by atoms with van der Waals surface area (Å²) in [7, 11) is 1.62. The van der Waals surface area contributed by atoms with E-state index in [1.807, 2.05) is 78.9 Å². The molecule has 0 saturated carbocycles. The van der Waals surface area contributed by atoms with Crippen molar-refractivity contribution in [2.75, 3.05) is 19.4 Å². The molecule has 5 nitrogen and oxygen atoms in total. The van der Waals surface area contributed by atoms with E-state index in [-0.39, 0.29) is 17.6 Å². The van der Waals surface area contributed by atoms with Crippen LogP contribution in [0.15, 0.2) is 78.9 Å². The van der Waals surface area contributed by atoms with Gasteiger partial charge >= 0.3 is 0 Å². The van der Waals surface area contributed by atoms with Gasteiger partial charge in [-0.1, -0.05) is 86.1 Å². The van der Waals surface area contributed by atoms with E-state index in [2.05, 4.69) is 19.2 Å². The number of rotatable bonds is 13. The highest BCUT2D eigenvalue weighted by molar-refractivity contribution is 7.99. The molecule has 0 aromatic heterocycles. The molecule has 0 heterocycles. The molecule has 0 aliphatic heterocycles. The van der Waals surface area contributed by atoms with E-state index >= 15 is 0 Å². The van der Waals surface area contributed by atoms with Gasteiger partial charge in [0, 0.05) is 30.3 Å². The van der Waals surface area contributed by atoms with Gasteiger partial charge in [-0.05, 0) is 40.8 Å². The van der Waals surface area contributed by atoms with Crippen LogP contribution in [0, 0.1) is 5.92 Å². The number of nitrogens with one attached hydrogen (secondary N) is 1. The Balaban J connectivity index is 1.87. The molecule has 0 unspecified atom stereocenters. The molecular formula is C30H35ClN2O3S. The number of amides is 2. The third-order valence-electron chi connectivity index (χ3n) is 5.88. The van der Waals surface area contributed by atoms with Crippen molar-refractivity contribution in [3.63, 3.8) is 0 Å². The fourth-order valence-corrected chi connectivity index (χ4v) is 5.09. The van der Waals surface area contributed by atoms with Crippen LogP contribution in [-0.4, -0.2) is 42.2 Å². The van der Waals surface area contributed by atoms with Crippen LogP contribution in [0.1, 0.15) is 30.5 Å². The van der Waals surface area contributed by atoms with Crippen molar-refractivity contribution >= 4 is 35.2 Å². The van der Waals surface area contributed by atoms with E-state index in [0.29, 0.717) is 42.0 Å². The number of halogens is 1. The zero-order valence-electron chi connectivity index (χ0n) is 21.7. The monoisotopic (exact) mass is 538 g/mol. The lowest BCUT2D eigenvalue weighted by Crippen LogP contribution is -2.51. The summed E-state index contributed by atoms with van der Waals surface area (Å²) in [6.07, 6.45) is 0.426. The number of carbonyl (C=O) groups is 2. The van der Waals surface area contributed by atoms with Gasteiger partial charge in [-0.25, -0.2) is 0 Å². The lowest BCUT2D eigenvalue weighted by Gasteiger charge is -2.32. The molecule has 1 atom stereocenters. The van der Waals surface area contributed by atoms with Gasteiger partial charge in [-0.15, -0.1) is 11.8 Å². The second kappa shape index (κ2) is 14.7. The number of thioether (sulfide) groups is 1. The van der Waals surface area contributed by atoms with Crippen LogP contribution in [0.25, 0.3) is 0 Å². The largest absolute Gasteiger partial charge is 0.497 e. The highest BCUT2D eigenvalue weighted by Crippen LogP contribution is 2.23. The van der Waals surface area contributed by atoms with E-state index in [0.717, 1.165) is 16.7 Å². The maximum atomic E-state index is 13.7. The number of hydrogen-bond acceptors (Lipinski definition) is 4. The summed E-state index contributed by atoms with van der Waals surface area (Å²) >= 11 is 7.80. The second-order valence-electron chi connectivity index (χ2n) is 9.30. The first kappa shape index (κ1) is 28.6. The maximum Gasteiger partial charge on any atom is 0.243 e. The van der Waals surface area contributed by atoms with Crippen molar-refractivity contribution in [1.29, 1.82) is 0 Å². The van der Waals surface area contributed by atoms with Gasteiger partial charge in [0.05, 0.1) is 12.9 Å². The molecule has 0 bridgehead atoms. The molecule has 0 aliphatic carbocycles. The molecular weight excluding hydrogens is 504 g/mol. The minimum absolute atomic E-state index is 0.0968. The first-order valence-electron chi connectivity index (χ1n) is 12.4. The van der Waals surface area contributed by atoms with Crippen LogP contribution in [0.5, 0.6) is 5.75 Å². The van der Waals surface area contributed by atoms with Crippen molar-refractivity contribution in [1.82, 2.24) is 10.2 Å². The molecule has 7 heteroatoms. The lowest BCUT2D eigenvalue weighted by atomic mass is 10.0. The van der Waals surface area contributed by atoms with Gasteiger partial charge in [0.1, 0.15) is 11.8 Å². The Morgan fingerprint density at radius 1 is 0.973 bits per heavy atom. The van der Waals surface area contributed by atoms with Gasteiger partial charge in [-0.2, -0.15) is 0 Å². The maximum absolute atomic E-state index is 13.7. The van der Waals surface area contributed by atoms with Gasteiger partial charge in [-0.3, -0.25) is 9.59 Å². The van der Waals surface area contributed by atoms with Crippen molar-refractivity contribution in [3.8, 4) is 5.75 Å². The van der Waals surface area contributed by atoms with Crippen LogP contribution in [-0.2, 0) is 28.3 Å². The van der Waals surface area contributed by atoms with E-state index in [9.17, 15) is 9.59 Å². The summed E-state index contributed by atoms with van der Waals surface area (Å²) in [6.45, 7) is 4.95. The summed E-state index contributed by atoms with van der Waals surface area (Å²) in [6, 6.07) is 24.4. The summed E-state index contributed by atoms with van der Waals surface area (Å²) in [5.41, 5.74) is 2.88. The average Bonchev–Trinajstić information content (AvgIpc) is 2.91. The second-order valence-corrected chi connectivity index (χ2v) is 10.7. The normalized spacial score (nSPS) is 11.7. The minimum atomic E-state index is -0.652. The van der Waals surface area contributed by atoms with Gasteiger partial charge < -0.3 is 15.0 Å². The number of ether oxygens (including phenoxy) is 1. The Labute approximate surface area is 229 Å². The van der Waals surface area contributed by atoms with E-state index < -0.39 is 6.04 Å².